The molecule has 0 saturated heterocycles. The van der Waals surface area contributed by atoms with E-state index >= 15 is 0 Å². The fraction of sp³-hybridized carbons (Fsp3) is 0.182. The van der Waals surface area contributed by atoms with Gasteiger partial charge in [-0.2, -0.15) is 0 Å². The number of benzene rings is 6. The molecule has 50 heavy (non-hydrogen) atoms. The zero-order chi connectivity index (χ0) is 33.3. The summed E-state index contributed by atoms with van der Waals surface area (Å²) in [5.74, 6) is 0. The van der Waals surface area contributed by atoms with Crippen molar-refractivity contribution in [2.45, 2.75) is 51.4 Å². The molecular formula is C44H34Cl2NO2P. The number of fused-ring (bicyclic) bond motifs is 10. The monoisotopic (exact) mass is 709 g/mol. The first kappa shape index (κ1) is 30.4. The van der Waals surface area contributed by atoms with Gasteiger partial charge < -0.3 is 8.39 Å². The largest absolute Gasteiger partial charge is 0.403 e. The number of hydrogen-bond acceptors (Lipinski definition) is 2. The highest BCUT2D eigenvalue weighted by molar-refractivity contribution is 7.36. The van der Waals surface area contributed by atoms with Gasteiger partial charge in [-0.3, -0.25) is 0 Å². The van der Waals surface area contributed by atoms with E-state index in [0.29, 0.717) is 0 Å². The highest BCUT2D eigenvalue weighted by Crippen LogP contribution is 2.50. The van der Waals surface area contributed by atoms with Gasteiger partial charge in [0.05, 0.1) is 11.0 Å². The molecule has 2 aromatic heterocycles. The third-order valence-electron chi connectivity index (χ3n) is 10.8. The second-order valence-corrected chi connectivity index (χ2v) is 15.8. The maximum atomic E-state index is 7.53. The normalized spacial score (nSPS) is 14.4. The fourth-order valence-electron chi connectivity index (χ4n) is 8.51. The molecule has 10 rings (SSSR count). The summed E-state index contributed by atoms with van der Waals surface area (Å²) in [7, 11) is -1.72. The average molecular weight is 711 g/mol. The summed E-state index contributed by atoms with van der Waals surface area (Å²) in [5.41, 5.74) is 14.1. The first-order valence-corrected chi connectivity index (χ1v) is 19.6. The van der Waals surface area contributed by atoms with Crippen LogP contribution in [0.25, 0.3) is 66.0 Å². The summed E-state index contributed by atoms with van der Waals surface area (Å²) in [5, 5.41) is 6.27. The quantitative estimate of drug-likeness (QED) is 0.183. The smallest absolute Gasteiger partial charge is 0.346 e. The molecule has 3 nitrogen and oxygen atoms in total. The van der Waals surface area contributed by atoms with Crippen LogP contribution in [0.15, 0.2) is 118 Å². The summed E-state index contributed by atoms with van der Waals surface area (Å²) in [6.45, 7) is 0. The highest BCUT2D eigenvalue weighted by atomic mass is 35.5. The van der Waals surface area contributed by atoms with Gasteiger partial charge in [-0.1, -0.05) is 83.9 Å². The van der Waals surface area contributed by atoms with E-state index in [1.807, 2.05) is 24.3 Å². The molecule has 2 aliphatic rings. The van der Waals surface area contributed by atoms with Gasteiger partial charge in [0.1, 0.15) is 0 Å². The van der Waals surface area contributed by atoms with Crippen LogP contribution >= 0.6 is 31.4 Å². The van der Waals surface area contributed by atoms with Gasteiger partial charge in [0.25, 0.3) is 0 Å². The maximum Gasteiger partial charge on any atom is 0.346 e. The molecule has 2 heterocycles. The zero-order valence-corrected chi connectivity index (χ0v) is 29.9. The van der Waals surface area contributed by atoms with E-state index in [1.165, 1.54) is 56.6 Å². The predicted molar refractivity (Wildman–Crippen MR) is 211 cm³/mol. The second-order valence-electron chi connectivity index (χ2n) is 13.7. The van der Waals surface area contributed by atoms with E-state index in [1.54, 1.807) is 0 Å². The molecule has 6 aromatic carbocycles. The lowest BCUT2D eigenvalue weighted by atomic mass is 9.81. The highest BCUT2D eigenvalue weighted by Gasteiger charge is 2.27. The lowest BCUT2D eigenvalue weighted by Crippen LogP contribution is -2.07. The van der Waals surface area contributed by atoms with Crippen molar-refractivity contribution in [2.75, 3.05) is 0 Å². The Balaban J connectivity index is 1.47. The molecule has 6 heteroatoms. The molecule has 2 aliphatic carbocycles. The molecule has 246 valence electrons. The fourth-order valence-corrected chi connectivity index (χ4v) is 10.4. The minimum atomic E-state index is -1.72. The Morgan fingerprint density at radius 2 is 0.920 bits per heavy atom. The van der Waals surface area contributed by atoms with Crippen molar-refractivity contribution in [1.29, 1.82) is 0 Å². The number of para-hydroxylation sites is 2. The topological polar surface area (TPSA) is 31.2 Å². The number of nitrogens with zero attached hydrogens (tertiary/aromatic N) is 1. The molecule has 0 bridgehead atoms. The number of rotatable bonds is 3. The average Bonchev–Trinajstić information content (AvgIpc) is 3.38. The van der Waals surface area contributed by atoms with Crippen LogP contribution in [-0.2, 0) is 25.7 Å². The Morgan fingerprint density at radius 1 is 0.500 bits per heavy atom. The van der Waals surface area contributed by atoms with Crippen molar-refractivity contribution in [3.8, 4) is 22.3 Å². The van der Waals surface area contributed by atoms with Crippen molar-refractivity contribution >= 4 is 75.1 Å². The third-order valence-corrected chi connectivity index (χ3v) is 12.8. The van der Waals surface area contributed by atoms with Gasteiger partial charge in [0.15, 0.2) is 11.2 Å². The van der Waals surface area contributed by atoms with Crippen LogP contribution in [0.5, 0.6) is 0 Å². The number of halogens is 2. The number of aryl methyl sites for hydroxylation is 4. The van der Waals surface area contributed by atoms with Gasteiger partial charge >= 0.3 is 8.16 Å². The molecular weight excluding hydrogens is 676 g/mol. The van der Waals surface area contributed by atoms with Crippen LogP contribution < -0.4 is 0 Å². The maximum absolute atomic E-state index is 7.53. The molecule has 0 saturated carbocycles. The number of aromatic nitrogens is 1. The number of hydrogen-bond donors (Lipinski definition) is 0. The molecule has 0 radical (unpaired) electrons. The van der Waals surface area contributed by atoms with Crippen molar-refractivity contribution in [1.82, 2.24) is 4.34 Å². The van der Waals surface area contributed by atoms with Crippen molar-refractivity contribution < 1.29 is 8.39 Å². The SMILES string of the molecule is Clc1ccc(-c2cc3c(c4c2op(-n2c5ccccc5c5ccccc52)oc2c(-c5ccc(Cl)cc5)cc5c(c24)CCCC5)CCCC3)cc1. The molecule has 0 aliphatic heterocycles. The summed E-state index contributed by atoms with van der Waals surface area (Å²) in [6, 6.07) is 38.5. The van der Waals surface area contributed by atoms with Crippen molar-refractivity contribution in [3.05, 3.63) is 141 Å². The Labute approximate surface area is 301 Å². The first-order valence-electron chi connectivity index (χ1n) is 17.7. The van der Waals surface area contributed by atoms with Crippen LogP contribution in [0.3, 0.4) is 0 Å². The summed E-state index contributed by atoms with van der Waals surface area (Å²) >= 11 is 12.9. The third kappa shape index (κ3) is 4.86. The van der Waals surface area contributed by atoms with E-state index in [0.717, 1.165) is 93.0 Å². The van der Waals surface area contributed by atoms with Crippen LogP contribution in [0.2, 0.25) is 10.0 Å². The van der Waals surface area contributed by atoms with E-state index in [2.05, 4.69) is 89.3 Å². The van der Waals surface area contributed by atoms with E-state index in [-0.39, 0.29) is 0 Å². The Bertz CT molecular complexity index is 2490. The van der Waals surface area contributed by atoms with E-state index in [9.17, 15) is 0 Å². The summed E-state index contributed by atoms with van der Waals surface area (Å²) in [4.78, 5) is 0. The van der Waals surface area contributed by atoms with Gasteiger partial charge in [0, 0.05) is 42.7 Å². The molecule has 0 fully saturated rings. The summed E-state index contributed by atoms with van der Waals surface area (Å²) < 4.78 is 17.4. The van der Waals surface area contributed by atoms with Crippen molar-refractivity contribution in [2.24, 2.45) is 0 Å². The molecule has 0 spiro atoms. The first-order chi connectivity index (χ1) is 24.6. The molecule has 8 aromatic rings. The van der Waals surface area contributed by atoms with Gasteiger partial charge in [0.2, 0.25) is 0 Å². The Morgan fingerprint density at radius 3 is 1.38 bits per heavy atom. The molecule has 0 unspecified atom stereocenters. The molecule has 0 amide bonds. The Hall–Kier alpha value is -4.40. The van der Waals surface area contributed by atoms with Gasteiger partial charge in [-0.25, -0.2) is 4.34 Å². The van der Waals surface area contributed by atoms with Crippen LogP contribution in [0, 0.1) is 0 Å². The second kappa shape index (κ2) is 12.1. The minimum Gasteiger partial charge on any atom is -0.403 e. The molecule has 0 N–H and O–H groups in total. The van der Waals surface area contributed by atoms with Gasteiger partial charge in [-0.15, -0.1) is 0 Å². The van der Waals surface area contributed by atoms with Gasteiger partial charge in [-0.05, 0) is 133 Å². The Kier molecular flexibility index (Phi) is 7.38. The van der Waals surface area contributed by atoms with E-state index in [4.69, 9.17) is 31.6 Å². The lowest BCUT2D eigenvalue weighted by molar-refractivity contribution is 0.631. The zero-order valence-electron chi connectivity index (χ0n) is 27.5. The summed E-state index contributed by atoms with van der Waals surface area (Å²) in [6.07, 6.45) is 8.86. The van der Waals surface area contributed by atoms with Crippen LogP contribution in [-0.4, -0.2) is 4.34 Å². The van der Waals surface area contributed by atoms with Crippen LogP contribution in [0.1, 0.15) is 47.9 Å². The lowest BCUT2D eigenvalue weighted by Gasteiger charge is -2.23. The van der Waals surface area contributed by atoms with Crippen LogP contribution in [0.4, 0.5) is 0 Å². The minimum absolute atomic E-state index is 0.724. The molecule has 0 atom stereocenters. The van der Waals surface area contributed by atoms with Crippen molar-refractivity contribution in [3.63, 3.8) is 0 Å². The predicted octanol–water partition coefficient (Wildman–Crippen LogP) is 14.1. The standard InChI is InChI=1S/C44H34Cl2NO2P/c45-31-21-17-27(18-22-31)37-25-29-9-1-3-11-33(29)41-42-34-12-4-2-10-30(34)26-38(28-19-23-32(46)24-20-28)44(42)49-50(48-43(37)41)47-39-15-7-5-13-35(39)36-14-6-8-16-40(36)47/h5-8,13-26H,1-4,9-12H2. The van der Waals surface area contributed by atoms with E-state index < -0.39 is 8.16 Å².